The lowest BCUT2D eigenvalue weighted by atomic mass is 10.0. The van der Waals surface area contributed by atoms with Crippen LogP contribution in [0.15, 0.2) is 66.7 Å². The van der Waals surface area contributed by atoms with Crippen molar-refractivity contribution in [2.45, 2.75) is 6.92 Å². The Morgan fingerprint density at radius 1 is 0.846 bits per heavy atom. The number of methoxy groups -OCH3 is 2. The first-order chi connectivity index (χ1) is 12.6. The number of carbonyl (C=O) groups is 1. The molecule has 1 amide bonds. The first-order valence-corrected chi connectivity index (χ1v) is 8.31. The molecule has 0 fully saturated rings. The fraction of sp³-hybridized carbons (Fsp3) is 0.136. The number of rotatable bonds is 5. The van der Waals surface area contributed by atoms with Gasteiger partial charge in [0.2, 0.25) is 0 Å². The summed E-state index contributed by atoms with van der Waals surface area (Å²) in [6.45, 7) is 1.99. The number of carbonyl (C=O) groups excluding carboxylic acids is 1. The summed E-state index contributed by atoms with van der Waals surface area (Å²) in [5, 5.41) is 2.94. The maximum Gasteiger partial charge on any atom is 0.255 e. The molecule has 0 aliphatic heterocycles. The molecule has 0 heterocycles. The van der Waals surface area contributed by atoms with Crippen molar-refractivity contribution >= 4 is 11.6 Å². The minimum absolute atomic E-state index is 0.143. The van der Waals surface area contributed by atoms with Gasteiger partial charge in [-0.1, -0.05) is 29.8 Å². The summed E-state index contributed by atoms with van der Waals surface area (Å²) >= 11 is 0. The van der Waals surface area contributed by atoms with Crippen LogP contribution in [0.4, 0.5) is 5.69 Å². The average molecular weight is 347 g/mol. The SMILES string of the molecule is COc1ccc(-c2cc(NC(=O)c3ccc(C)cc3)ccc2OC)cc1. The lowest BCUT2D eigenvalue weighted by Crippen LogP contribution is -2.11. The Labute approximate surface area is 153 Å². The molecule has 3 rings (SSSR count). The third-order valence-electron chi connectivity index (χ3n) is 4.17. The van der Waals surface area contributed by atoms with E-state index in [9.17, 15) is 4.79 Å². The summed E-state index contributed by atoms with van der Waals surface area (Å²) in [6.07, 6.45) is 0. The smallest absolute Gasteiger partial charge is 0.255 e. The maximum atomic E-state index is 12.5. The van der Waals surface area contributed by atoms with Gasteiger partial charge in [0, 0.05) is 16.8 Å². The largest absolute Gasteiger partial charge is 0.497 e. The molecular weight excluding hydrogens is 326 g/mol. The molecule has 4 heteroatoms. The van der Waals surface area contributed by atoms with E-state index < -0.39 is 0 Å². The number of hydrogen-bond acceptors (Lipinski definition) is 3. The lowest BCUT2D eigenvalue weighted by molar-refractivity contribution is 0.102. The van der Waals surface area contributed by atoms with Crippen molar-refractivity contribution in [3.8, 4) is 22.6 Å². The minimum atomic E-state index is -0.143. The van der Waals surface area contributed by atoms with Gasteiger partial charge in [-0.25, -0.2) is 0 Å². The van der Waals surface area contributed by atoms with Crippen molar-refractivity contribution in [3.05, 3.63) is 77.9 Å². The van der Waals surface area contributed by atoms with Crippen LogP contribution in [0.5, 0.6) is 11.5 Å². The van der Waals surface area contributed by atoms with E-state index >= 15 is 0 Å². The molecule has 0 bridgehead atoms. The zero-order valence-electron chi connectivity index (χ0n) is 15.1. The summed E-state index contributed by atoms with van der Waals surface area (Å²) in [5.74, 6) is 1.39. The summed E-state index contributed by atoms with van der Waals surface area (Å²) in [5.41, 5.74) is 4.33. The van der Waals surface area contributed by atoms with Crippen LogP contribution in [0.2, 0.25) is 0 Å². The second kappa shape index (κ2) is 7.74. The molecule has 0 saturated carbocycles. The lowest BCUT2D eigenvalue weighted by Gasteiger charge is -2.12. The van der Waals surface area contributed by atoms with Crippen LogP contribution >= 0.6 is 0 Å². The quantitative estimate of drug-likeness (QED) is 0.712. The second-order valence-electron chi connectivity index (χ2n) is 5.96. The highest BCUT2D eigenvalue weighted by Crippen LogP contribution is 2.33. The standard InChI is InChI=1S/C22H21NO3/c1-15-4-6-17(7-5-15)22(24)23-18-10-13-21(26-3)20(14-18)16-8-11-19(25-2)12-9-16/h4-14H,1-3H3,(H,23,24). The van der Waals surface area contributed by atoms with Gasteiger partial charge in [-0.05, 0) is 55.0 Å². The van der Waals surface area contributed by atoms with E-state index in [2.05, 4.69) is 5.32 Å². The Morgan fingerprint density at radius 3 is 2.15 bits per heavy atom. The Kier molecular flexibility index (Phi) is 5.23. The van der Waals surface area contributed by atoms with Gasteiger partial charge < -0.3 is 14.8 Å². The highest BCUT2D eigenvalue weighted by atomic mass is 16.5. The van der Waals surface area contributed by atoms with Crippen molar-refractivity contribution < 1.29 is 14.3 Å². The van der Waals surface area contributed by atoms with Crippen molar-refractivity contribution in [2.75, 3.05) is 19.5 Å². The second-order valence-corrected chi connectivity index (χ2v) is 5.96. The van der Waals surface area contributed by atoms with Crippen LogP contribution < -0.4 is 14.8 Å². The summed E-state index contributed by atoms with van der Waals surface area (Å²) in [6, 6.07) is 20.8. The van der Waals surface area contributed by atoms with Crippen LogP contribution in [0.3, 0.4) is 0 Å². The Morgan fingerprint density at radius 2 is 1.54 bits per heavy atom. The monoisotopic (exact) mass is 347 g/mol. The van der Waals surface area contributed by atoms with Gasteiger partial charge >= 0.3 is 0 Å². The molecule has 26 heavy (non-hydrogen) atoms. The van der Waals surface area contributed by atoms with Gasteiger partial charge in [-0.15, -0.1) is 0 Å². The van der Waals surface area contributed by atoms with Crippen LogP contribution in [0.25, 0.3) is 11.1 Å². The topological polar surface area (TPSA) is 47.6 Å². The molecule has 4 nitrogen and oxygen atoms in total. The number of hydrogen-bond donors (Lipinski definition) is 1. The third kappa shape index (κ3) is 3.86. The van der Waals surface area contributed by atoms with Crippen molar-refractivity contribution in [3.63, 3.8) is 0 Å². The molecule has 0 atom stereocenters. The first-order valence-electron chi connectivity index (χ1n) is 8.31. The van der Waals surface area contributed by atoms with E-state index in [1.807, 2.05) is 73.7 Å². The number of aryl methyl sites for hydroxylation is 1. The first kappa shape index (κ1) is 17.5. The zero-order chi connectivity index (χ0) is 18.5. The maximum absolute atomic E-state index is 12.5. The van der Waals surface area contributed by atoms with Crippen LogP contribution in [0, 0.1) is 6.92 Å². The van der Waals surface area contributed by atoms with Crippen LogP contribution in [-0.4, -0.2) is 20.1 Å². The molecule has 1 N–H and O–H groups in total. The van der Waals surface area contributed by atoms with Gasteiger partial charge in [0.15, 0.2) is 0 Å². The van der Waals surface area contributed by atoms with E-state index in [1.165, 1.54) is 0 Å². The highest BCUT2D eigenvalue weighted by molar-refractivity contribution is 6.04. The van der Waals surface area contributed by atoms with Crippen molar-refractivity contribution in [1.29, 1.82) is 0 Å². The van der Waals surface area contributed by atoms with E-state index in [4.69, 9.17) is 9.47 Å². The van der Waals surface area contributed by atoms with Crippen LogP contribution in [-0.2, 0) is 0 Å². The molecule has 0 unspecified atom stereocenters. The van der Waals surface area contributed by atoms with Gasteiger partial charge in [-0.2, -0.15) is 0 Å². The van der Waals surface area contributed by atoms with Gasteiger partial charge in [0.1, 0.15) is 11.5 Å². The number of amides is 1. The Bertz CT molecular complexity index is 900. The van der Waals surface area contributed by atoms with E-state index in [0.717, 1.165) is 28.2 Å². The Balaban J connectivity index is 1.89. The van der Waals surface area contributed by atoms with Gasteiger partial charge in [0.05, 0.1) is 14.2 Å². The highest BCUT2D eigenvalue weighted by Gasteiger charge is 2.10. The molecule has 0 aliphatic rings. The minimum Gasteiger partial charge on any atom is -0.497 e. The average Bonchev–Trinajstić information content (AvgIpc) is 2.68. The molecule has 3 aromatic carbocycles. The van der Waals surface area contributed by atoms with Crippen molar-refractivity contribution in [2.24, 2.45) is 0 Å². The summed E-state index contributed by atoms with van der Waals surface area (Å²) in [4.78, 5) is 12.5. The number of nitrogens with one attached hydrogen (secondary N) is 1. The number of ether oxygens (including phenoxy) is 2. The molecule has 132 valence electrons. The number of benzene rings is 3. The summed E-state index contributed by atoms with van der Waals surface area (Å²) in [7, 11) is 3.27. The van der Waals surface area contributed by atoms with Crippen LogP contribution in [0.1, 0.15) is 15.9 Å². The fourth-order valence-corrected chi connectivity index (χ4v) is 2.69. The van der Waals surface area contributed by atoms with Gasteiger partial charge in [-0.3, -0.25) is 4.79 Å². The van der Waals surface area contributed by atoms with Crippen molar-refractivity contribution in [1.82, 2.24) is 0 Å². The molecule has 0 aliphatic carbocycles. The molecule has 3 aromatic rings. The molecule has 0 saturated heterocycles. The zero-order valence-corrected chi connectivity index (χ0v) is 15.1. The molecule has 0 radical (unpaired) electrons. The van der Waals surface area contributed by atoms with E-state index in [-0.39, 0.29) is 5.91 Å². The summed E-state index contributed by atoms with van der Waals surface area (Å²) < 4.78 is 10.7. The van der Waals surface area contributed by atoms with E-state index in [0.29, 0.717) is 11.3 Å². The fourth-order valence-electron chi connectivity index (χ4n) is 2.69. The molecular formula is C22H21NO3. The van der Waals surface area contributed by atoms with E-state index in [1.54, 1.807) is 14.2 Å². The Hall–Kier alpha value is -3.27. The molecule has 0 aromatic heterocycles. The predicted molar refractivity (Wildman–Crippen MR) is 104 cm³/mol. The van der Waals surface area contributed by atoms with Gasteiger partial charge in [0.25, 0.3) is 5.91 Å². The number of anilines is 1. The normalized spacial score (nSPS) is 10.3. The third-order valence-corrected chi connectivity index (χ3v) is 4.17. The predicted octanol–water partition coefficient (Wildman–Crippen LogP) is 4.93. The molecule has 0 spiro atoms.